The molecule has 2 aromatic rings. The molecule has 1 aliphatic carbocycles. The van der Waals surface area contributed by atoms with Crippen molar-refractivity contribution in [2.24, 2.45) is 0 Å². The summed E-state index contributed by atoms with van der Waals surface area (Å²) in [6, 6.07) is 16.5. The van der Waals surface area contributed by atoms with Crippen LogP contribution in [-0.2, 0) is 17.6 Å². The second-order valence-electron chi connectivity index (χ2n) is 9.00. The van der Waals surface area contributed by atoms with Crippen molar-refractivity contribution in [3.8, 4) is 5.75 Å². The number of hydrogen-bond acceptors (Lipinski definition) is 4. The van der Waals surface area contributed by atoms with E-state index in [9.17, 15) is 9.90 Å². The van der Waals surface area contributed by atoms with Gasteiger partial charge in [-0.05, 0) is 54.5 Å². The Hall–Kier alpha value is -2.37. The van der Waals surface area contributed by atoms with E-state index in [4.69, 9.17) is 4.74 Å². The largest absolute Gasteiger partial charge is 0.497 e. The van der Waals surface area contributed by atoms with Gasteiger partial charge in [0, 0.05) is 13.1 Å². The number of amides is 1. The third kappa shape index (κ3) is 5.28. The standard InChI is InChI=1S/C26H34N2O3/c1-31-22-11-10-21-12-15-28(24(23(21)17-22)16-20-8-4-2-5-9-20)25(29)18-27-19-26(30)13-6-3-7-14-26/h2,4-5,8-11,17,24,27,30H,3,6-7,12-16,18-19H2,1H3. The molecule has 0 saturated heterocycles. The molecule has 31 heavy (non-hydrogen) atoms. The van der Waals surface area contributed by atoms with Crippen LogP contribution in [0.15, 0.2) is 48.5 Å². The van der Waals surface area contributed by atoms with Crippen LogP contribution in [0, 0.1) is 0 Å². The van der Waals surface area contributed by atoms with E-state index < -0.39 is 5.60 Å². The molecule has 5 nitrogen and oxygen atoms in total. The van der Waals surface area contributed by atoms with Crippen LogP contribution in [-0.4, -0.2) is 48.3 Å². The number of hydrogen-bond donors (Lipinski definition) is 2. The number of nitrogens with one attached hydrogen (secondary N) is 1. The molecule has 1 amide bonds. The van der Waals surface area contributed by atoms with Gasteiger partial charge in [0.25, 0.3) is 0 Å². The number of fused-ring (bicyclic) bond motifs is 1. The van der Waals surface area contributed by atoms with Gasteiger partial charge in [-0.1, -0.05) is 55.7 Å². The van der Waals surface area contributed by atoms with E-state index >= 15 is 0 Å². The Balaban J connectivity index is 1.49. The molecule has 1 heterocycles. The van der Waals surface area contributed by atoms with Crippen molar-refractivity contribution in [2.75, 3.05) is 26.7 Å². The highest BCUT2D eigenvalue weighted by Gasteiger charge is 2.32. The lowest BCUT2D eigenvalue weighted by Gasteiger charge is -2.38. The first kappa shape index (κ1) is 21.8. The van der Waals surface area contributed by atoms with Crippen molar-refractivity contribution in [3.05, 3.63) is 65.2 Å². The summed E-state index contributed by atoms with van der Waals surface area (Å²) in [5.74, 6) is 0.914. The molecule has 1 fully saturated rings. The number of methoxy groups -OCH3 is 1. The predicted molar refractivity (Wildman–Crippen MR) is 122 cm³/mol. The van der Waals surface area contributed by atoms with E-state index in [-0.39, 0.29) is 18.5 Å². The van der Waals surface area contributed by atoms with Crippen molar-refractivity contribution in [3.63, 3.8) is 0 Å². The molecular weight excluding hydrogens is 388 g/mol. The fourth-order valence-corrected chi connectivity index (χ4v) is 5.05. The highest BCUT2D eigenvalue weighted by atomic mass is 16.5. The number of nitrogens with zero attached hydrogens (tertiary/aromatic N) is 1. The van der Waals surface area contributed by atoms with E-state index in [1.807, 2.05) is 29.2 Å². The summed E-state index contributed by atoms with van der Waals surface area (Å²) >= 11 is 0. The van der Waals surface area contributed by atoms with E-state index in [1.54, 1.807) is 7.11 Å². The molecule has 1 atom stereocenters. The Labute approximate surface area is 185 Å². The molecule has 166 valence electrons. The number of benzene rings is 2. The lowest BCUT2D eigenvalue weighted by atomic mass is 9.85. The summed E-state index contributed by atoms with van der Waals surface area (Å²) in [5, 5.41) is 14.0. The summed E-state index contributed by atoms with van der Waals surface area (Å²) in [5.41, 5.74) is 3.01. The van der Waals surface area contributed by atoms with Crippen LogP contribution in [0.3, 0.4) is 0 Å². The molecular formula is C26H34N2O3. The number of aliphatic hydroxyl groups is 1. The van der Waals surface area contributed by atoms with E-state index in [0.717, 1.165) is 44.3 Å². The van der Waals surface area contributed by atoms with Crippen molar-refractivity contribution < 1.29 is 14.6 Å². The Bertz CT molecular complexity index is 877. The summed E-state index contributed by atoms with van der Waals surface area (Å²) in [4.78, 5) is 15.3. The van der Waals surface area contributed by atoms with Gasteiger partial charge < -0.3 is 20.1 Å². The molecule has 0 aromatic heterocycles. The van der Waals surface area contributed by atoms with Gasteiger partial charge >= 0.3 is 0 Å². The van der Waals surface area contributed by atoms with Gasteiger partial charge in [-0.15, -0.1) is 0 Å². The van der Waals surface area contributed by atoms with Crippen LogP contribution < -0.4 is 10.1 Å². The maximum atomic E-state index is 13.3. The number of carbonyl (C=O) groups is 1. The average molecular weight is 423 g/mol. The minimum Gasteiger partial charge on any atom is -0.497 e. The Morgan fingerprint density at radius 3 is 2.68 bits per heavy atom. The third-order valence-electron chi connectivity index (χ3n) is 6.82. The fourth-order valence-electron chi connectivity index (χ4n) is 5.05. The quantitative estimate of drug-likeness (QED) is 0.715. The van der Waals surface area contributed by atoms with Gasteiger partial charge in [0.1, 0.15) is 5.75 Å². The lowest BCUT2D eigenvalue weighted by Crippen LogP contribution is -2.48. The maximum absolute atomic E-state index is 13.3. The first-order valence-electron chi connectivity index (χ1n) is 11.5. The Morgan fingerprint density at radius 1 is 1.16 bits per heavy atom. The normalized spacial score (nSPS) is 20.2. The molecule has 0 radical (unpaired) electrons. The lowest BCUT2D eigenvalue weighted by molar-refractivity contribution is -0.133. The van der Waals surface area contributed by atoms with Gasteiger partial charge in [0.05, 0.1) is 25.3 Å². The van der Waals surface area contributed by atoms with Gasteiger partial charge in [-0.25, -0.2) is 0 Å². The molecule has 1 unspecified atom stereocenters. The minimum atomic E-state index is -0.663. The number of ether oxygens (including phenoxy) is 1. The molecule has 2 aromatic carbocycles. The third-order valence-corrected chi connectivity index (χ3v) is 6.82. The predicted octanol–water partition coefficient (Wildman–Crippen LogP) is 3.65. The Morgan fingerprint density at radius 2 is 1.94 bits per heavy atom. The fraction of sp³-hybridized carbons (Fsp3) is 0.500. The summed E-state index contributed by atoms with van der Waals surface area (Å²) in [7, 11) is 1.68. The maximum Gasteiger partial charge on any atom is 0.237 e. The van der Waals surface area contributed by atoms with Crippen molar-refractivity contribution in [2.45, 2.75) is 56.6 Å². The number of rotatable bonds is 7. The highest BCUT2D eigenvalue weighted by molar-refractivity contribution is 5.79. The molecule has 4 rings (SSSR count). The summed E-state index contributed by atoms with van der Waals surface area (Å²) < 4.78 is 5.47. The Kier molecular flexibility index (Phi) is 6.93. The second-order valence-corrected chi connectivity index (χ2v) is 9.00. The molecule has 1 aliphatic heterocycles. The summed E-state index contributed by atoms with van der Waals surface area (Å²) in [6.07, 6.45) is 6.59. The topological polar surface area (TPSA) is 61.8 Å². The van der Waals surface area contributed by atoms with Gasteiger partial charge in [-0.3, -0.25) is 4.79 Å². The van der Waals surface area contributed by atoms with Crippen LogP contribution >= 0.6 is 0 Å². The molecule has 0 spiro atoms. The molecule has 0 bridgehead atoms. The second kappa shape index (κ2) is 9.84. The first-order chi connectivity index (χ1) is 15.1. The molecule has 2 aliphatic rings. The van der Waals surface area contributed by atoms with Crippen LogP contribution in [0.1, 0.15) is 54.8 Å². The van der Waals surface area contributed by atoms with E-state index in [1.165, 1.54) is 23.1 Å². The molecule has 1 saturated carbocycles. The molecule has 5 heteroatoms. The van der Waals surface area contributed by atoms with Gasteiger partial charge in [-0.2, -0.15) is 0 Å². The first-order valence-corrected chi connectivity index (χ1v) is 11.5. The van der Waals surface area contributed by atoms with E-state index in [2.05, 4.69) is 29.6 Å². The zero-order valence-electron chi connectivity index (χ0n) is 18.5. The van der Waals surface area contributed by atoms with Crippen molar-refractivity contribution in [1.82, 2.24) is 10.2 Å². The SMILES string of the molecule is COc1ccc2c(c1)C(Cc1ccccc1)N(C(=O)CNCC1(O)CCCCC1)CC2. The van der Waals surface area contributed by atoms with Crippen molar-refractivity contribution >= 4 is 5.91 Å². The highest BCUT2D eigenvalue weighted by Crippen LogP contribution is 2.35. The molecule has 2 N–H and O–H groups in total. The average Bonchev–Trinajstić information content (AvgIpc) is 2.80. The van der Waals surface area contributed by atoms with Crippen LogP contribution in [0.25, 0.3) is 0 Å². The smallest absolute Gasteiger partial charge is 0.237 e. The van der Waals surface area contributed by atoms with E-state index in [0.29, 0.717) is 13.1 Å². The monoisotopic (exact) mass is 422 g/mol. The van der Waals surface area contributed by atoms with Gasteiger partial charge in [0.2, 0.25) is 5.91 Å². The van der Waals surface area contributed by atoms with Gasteiger partial charge in [0.15, 0.2) is 0 Å². The van der Waals surface area contributed by atoms with Crippen LogP contribution in [0.4, 0.5) is 0 Å². The van der Waals surface area contributed by atoms with Crippen LogP contribution in [0.2, 0.25) is 0 Å². The number of carbonyl (C=O) groups excluding carboxylic acids is 1. The zero-order valence-corrected chi connectivity index (χ0v) is 18.5. The van der Waals surface area contributed by atoms with Crippen LogP contribution in [0.5, 0.6) is 5.75 Å². The minimum absolute atomic E-state index is 0.0201. The summed E-state index contributed by atoms with van der Waals surface area (Å²) in [6.45, 7) is 1.45. The van der Waals surface area contributed by atoms with Crippen molar-refractivity contribution in [1.29, 1.82) is 0 Å². The zero-order chi connectivity index (χ0) is 21.7.